The van der Waals surface area contributed by atoms with E-state index in [-0.39, 0.29) is 22.7 Å². The molecule has 0 radical (unpaired) electrons. The SMILES string of the molecule is COc1nccc(-c2cccc(N(CC34CCC(c5nc(C6CC6)no5)(CC3)CC4)C(=O)C3CCC3)c2)n1. The monoisotopic (exact) mass is 513 g/mol. The number of anilines is 1. The van der Waals surface area contributed by atoms with Crippen LogP contribution >= 0.6 is 0 Å². The van der Waals surface area contributed by atoms with Crippen LogP contribution in [-0.4, -0.2) is 39.7 Å². The summed E-state index contributed by atoms with van der Waals surface area (Å²) < 4.78 is 11.1. The van der Waals surface area contributed by atoms with Crippen LogP contribution in [0.15, 0.2) is 41.1 Å². The molecule has 5 saturated carbocycles. The maximum Gasteiger partial charge on any atom is 0.316 e. The Balaban J connectivity index is 1.14. The second-order valence-electron chi connectivity index (χ2n) is 12.0. The third-order valence-electron chi connectivity index (χ3n) is 9.72. The highest BCUT2D eigenvalue weighted by atomic mass is 16.5. The van der Waals surface area contributed by atoms with Crippen LogP contribution in [0.5, 0.6) is 6.01 Å². The van der Waals surface area contributed by atoms with E-state index >= 15 is 0 Å². The van der Waals surface area contributed by atoms with E-state index in [1.807, 2.05) is 18.2 Å². The molecule has 0 N–H and O–H groups in total. The van der Waals surface area contributed by atoms with Crippen LogP contribution in [0.25, 0.3) is 11.3 Å². The first-order valence-corrected chi connectivity index (χ1v) is 14.2. The Kier molecular flexibility index (Phi) is 5.74. The number of carbonyl (C=O) groups excluding carboxylic acids is 1. The number of nitrogens with zero attached hydrogens (tertiary/aromatic N) is 5. The van der Waals surface area contributed by atoms with Crippen LogP contribution in [0.4, 0.5) is 5.69 Å². The number of ether oxygens (including phenoxy) is 1. The van der Waals surface area contributed by atoms with Gasteiger partial charge in [0.1, 0.15) is 0 Å². The molecule has 38 heavy (non-hydrogen) atoms. The molecule has 0 unspecified atom stereocenters. The Labute approximate surface area is 223 Å². The minimum Gasteiger partial charge on any atom is -0.467 e. The molecule has 5 aliphatic rings. The van der Waals surface area contributed by atoms with Crippen LogP contribution in [0, 0.1) is 11.3 Å². The standard InChI is InChI=1S/C30H35N5O3/c1-37-28-31-17-10-24(32-28)22-6-3-7-23(18-22)35(26(36)21-4-2-5-21)19-29-11-14-30(15-12-29,16-13-29)27-33-25(34-38-27)20-8-9-20/h3,6-7,10,17-18,20-21H,2,4-5,8-9,11-16,19H2,1H3. The molecule has 3 aromatic rings. The van der Waals surface area contributed by atoms with Crippen molar-refractivity contribution in [1.29, 1.82) is 0 Å². The van der Waals surface area contributed by atoms with Gasteiger partial charge >= 0.3 is 6.01 Å². The van der Waals surface area contributed by atoms with E-state index in [2.05, 4.69) is 32.2 Å². The smallest absolute Gasteiger partial charge is 0.316 e. The number of amides is 1. The Hall–Kier alpha value is -3.29. The number of fused-ring (bicyclic) bond motifs is 3. The molecule has 8 rings (SSSR count). The van der Waals surface area contributed by atoms with Crippen molar-refractivity contribution in [1.82, 2.24) is 20.1 Å². The van der Waals surface area contributed by atoms with E-state index < -0.39 is 0 Å². The Morgan fingerprint density at radius 1 is 1.05 bits per heavy atom. The first kappa shape index (κ1) is 23.8. The number of carbonyl (C=O) groups is 1. The van der Waals surface area contributed by atoms with Crippen molar-refractivity contribution < 1.29 is 14.1 Å². The molecule has 2 heterocycles. The summed E-state index contributed by atoms with van der Waals surface area (Å²) in [7, 11) is 1.57. The first-order chi connectivity index (χ1) is 18.6. The number of hydrogen-bond donors (Lipinski definition) is 0. The Morgan fingerprint density at radius 2 is 1.84 bits per heavy atom. The van der Waals surface area contributed by atoms with Crippen molar-refractivity contribution in [2.45, 2.75) is 82.0 Å². The number of benzene rings is 1. The summed E-state index contributed by atoms with van der Waals surface area (Å²) in [4.78, 5) is 29.4. The third-order valence-corrected chi connectivity index (χ3v) is 9.72. The molecule has 5 fully saturated rings. The van der Waals surface area contributed by atoms with E-state index in [0.717, 1.165) is 93.0 Å². The normalized spacial score (nSPS) is 26.7. The summed E-state index contributed by atoms with van der Waals surface area (Å²) in [5, 5.41) is 4.32. The van der Waals surface area contributed by atoms with Gasteiger partial charge < -0.3 is 14.2 Å². The number of aromatic nitrogens is 4. The van der Waals surface area contributed by atoms with E-state index in [9.17, 15) is 4.79 Å². The molecule has 8 heteroatoms. The van der Waals surface area contributed by atoms with Gasteiger partial charge in [-0.3, -0.25) is 4.79 Å². The van der Waals surface area contributed by atoms with E-state index in [0.29, 0.717) is 11.9 Å². The number of rotatable bonds is 8. The molecular weight excluding hydrogens is 478 g/mol. The fourth-order valence-electron chi connectivity index (χ4n) is 6.72. The van der Waals surface area contributed by atoms with Crippen LogP contribution < -0.4 is 9.64 Å². The lowest BCUT2D eigenvalue weighted by molar-refractivity contribution is -0.125. The zero-order valence-electron chi connectivity index (χ0n) is 22.1. The zero-order valence-corrected chi connectivity index (χ0v) is 22.1. The summed E-state index contributed by atoms with van der Waals surface area (Å²) in [6.45, 7) is 0.770. The van der Waals surface area contributed by atoms with Crippen LogP contribution in [0.3, 0.4) is 0 Å². The largest absolute Gasteiger partial charge is 0.467 e. The molecule has 0 aliphatic heterocycles. The number of hydrogen-bond acceptors (Lipinski definition) is 7. The summed E-state index contributed by atoms with van der Waals surface area (Å²) >= 11 is 0. The molecule has 0 atom stereocenters. The topological polar surface area (TPSA) is 94.2 Å². The van der Waals surface area contributed by atoms with Crippen LogP contribution in [-0.2, 0) is 10.2 Å². The second-order valence-corrected chi connectivity index (χ2v) is 12.0. The minimum atomic E-state index is 0.0245. The van der Waals surface area contributed by atoms with Gasteiger partial charge in [0.2, 0.25) is 11.8 Å². The van der Waals surface area contributed by atoms with Gasteiger partial charge in [-0.05, 0) is 87.8 Å². The lowest BCUT2D eigenvalue weighted by Crippen LogP contribution is -2.52. The summed E-state index contributed by atoms with van der Waals surface area (Å²) in [6.07, 6.45) is 13.7. The maximum absolute atomic E-state index is 13.8. The van der Waals surface area contributed by atoms with Crippen molar-refractivity contribution in [2.75, 3.05) is 18.6 Å². The molecule has 1 amide bonds. The minimum absolute atomic E-state index is 0.0245. The molecule has 198 valence electrons. The van der Waals surface area contributed by atoms with Crippen LogP contribution in [0.2, 0.25) is 0 Å². The van der Waals surface area contributed by atoms with Crippen molar-refractivity contribution in [3.8, 4) is 17.3 Å². The van der Waals surface area contributed by atoms with Gasteiger partial charge in [-0.2, -0.15) is 9.97 Å². The average molecular weight is 514 g/mol. The molecule has 1 aromatic carbocycles. The molecule has 2 bridgehead atoms. The zero-order chi connectivity index (χ0) is 25.7. The second kappa shape index (κ2) is 9.17. The highest BCUT2D eigenvalue weighted by molar-refractivity contribution is 5.96. The summed E-state index contributed by atoms with van der Waals surface area (Å²) in [5.74, 6) is 2.70. The van der Waals surface area contributed by atoms with E-state index in [1.54, 1.807) is 13.3 Å². The van der Waals surface area contributed by atoms with Gasteiger partial charge in [-0.1, -0.05) is 23.7 Å². The Morgan fingerprint density at radius 3 is 2.53 bits per heavy atom. The van der Waals surface area contributed by atoms with E-state index in [4.69, 9.17) is 14.2 Å². The number of methoxy groups -OCH3 is 1. The highest BCUT2D eigenvalue weighted by Crippen LogP contribution is 2.58. The maximum atomic E-state index is 13.8. The lowest BCUT2D eigenvalue weighted by Gasteiger charge is -2.53. The summed E-state index contributed by atoms with van der Waals surface area (Å²) in [6, 6.07) is 10.5. The van der Waals surface area contributed by atoms with Crippen LogP contribution in [0.1, 0.15) is 88.3 Å². The fourth-order valence-corrected chi connectivity index (χ4v) is 6.72. The Bertz CT molecular complexity index is 1320. The third kappa shape index (κ3) is 4.18. The molecule has 2 aromatic heterocycles. The van der Waals surface area contributed by atoms with Crippen molar-refractivity contribution in [2.24, 2.45) is 11.3 Å². The van der Waals surface area contributed by atoms with E-state index in [1.165, 1.54) is 12.8 Å². The molecule has 0 saturated heterocycles. The lowest BCUT2D eigenvalue weighted by atomic mass is 9.53. The van der Waals surface area contributed by atoms with Gasteiger partial charge in [-0.15, -0.1) is 0 Å². The summed E-state index contributed by atoms with van der Waals surface area (Å²) in [5.41, 5.74) is 2.87. The van der Waals surface area contributed by atoms with Gasteiger partial charge in [0.25, 0.3) is 0 Å². The fraction of sp³-hybridized carbons (Fsp3) is 0.567. The quantitative estimate of drug-likeness (QED) is 0.374. The van der Waals surface area contributed by atoms with Crippen molar-refractivity contribution >= 4 is 11.6 Å². The van der Waals surface area contributed by atoms with Crippen molar-refractivity contribution in [3.63, 3.8) is 0 Å². The van der Waals surface area contributed by atoms with Gasteiger partial charge in [-0.25, -0.2) is 4.98 Å². The molecule has 5 aliphatic carbocycles. The highest BCUT2D eigenvalue weighted by Gasteiger charge is 2.53. The predicted molar refractivity (Wildman–Crippen MR) is 142 cm³/mol. The average Bonchev–Trinajstić information content (AvgIpc) is 3.67. The van der Waals surface area contributed by atoms with Gasteiger partial charge in [0, 0.05) is 41.2 Å². The first-order valence-electron chi connectivity index (χ1n) is 14.2. The van der Waals surface area contributed by atoms with Gasteiger partial charge in [0.05, 0.1) is 12.8 Å². The van der Waals surface area contributed by atoms with Gasteiger partial charge in [0.15, 0.2) is 5.82 Å². The van der Waals surface area contributed by atoms with Crippen molar-refractivity contribution in [3.05, 3.63) is 48.2 Å². The molecule has 0 spiro atoms. The predicted octanol–water partition coefficient (Wildman–Crippen LogP) is 5.84. The molecule has 8 nitrogen and oxygen atoms in total. The molecular formula is C30H35N5O3.